The fraction of sp³-hybridized carbons (Fsp3) is 0.538. The van der Waals surface area contributed by atoms with Crippen LogP contribution >= 0.6 is 0 Å². The summed E-state index contributed by atoms with van der Waals surface area (Å²) in [7, 11) is 0. The first-order valence-corrected chi connectivity index (χ1v) is 5.22. The maximum absolute atomic E-state index is 3.93. The van der Waals surface area contributed by atoms with Crippen molar-refractivity contribution in [3.8, 4) is 0 Å². The van der Waals surface area contributed by atoms with Crippen LogP contribution in [0.2, 0.25) is 0 Å². The molecule has 0 aromatic rings. The number of allylic oxidation sites excluding steroid dienone is 5. The third-order valence-electron chi connectivity index (χ3n) is 3.54. The third-order valence-corrected chi connectivity index (χ3v) is 3.54. The molecule has 0 aliphatic heterocycles. The molecular weight excluding hydrogens is 156 g/mol. The van der Waals surface area contributed by atoms with E-state index in [4.69, 9.17) is 0 Å². The molecule has 0 radical (unpaired) electrons. The largest absolute Gasteiger partial charge is 0.0988 e. The van der Waals surface area contributed by atoms with Crippen LogP contribution in [0.4, 0.5) is 0 Å². The molecule has 0 saturated heterocycles. The minimum absolute atomic E-state index is 0.825. The molecule has 2 rings (SSSR count). The molecule has 0 spiro atoms. The standard InChI is InChI=1S/C13H18/c1-4-12-10(3)7-9(2)8-11-5-6-13(11)12/h4,7,11,13H,1,5-6,8H2,2-3H3. The van der Waals surface area contributed by atoms with E-state index < -0.39 is 0 Å². The molecule has 0 aromatic heterocycles. The maximum atomic E-state index is 3.93. The Morgan fingerprint density at radius 1 is 1.38 bits per heavy atom. The van der Waals surface area contributed by atoms with Crippen LogP contribution in [-0.2, 0) is 0 Å². The quantitative estimate of drug-likeness (QED) is 0.566. The lowest BCUT2D eigenvalue weighted by Gasteiger charge is -2.37. The average molecular weight is 174 g/mol. The Kier molecular flexibility index (Phi) is 2.15. The molecule has 2 aliphatic carbocycles. The first-order chi connectivity index (χ1) is 6.22. The van der Waals surface area contributed by atoms with Gasteiger partial charge in [-0.2, -0.15) is 0 Å². The first-order valence-electron chi connectivity index (χ1n) is 5.22. The lowest BCUT2D eigenvalue weighted by Crippen LogP contribution is -2.26. The van der Waals surface area contributed by atoms with E-state index in [0.717, 1.165) is 11.8 Å². The lowest BCUT2D eigenvalue weighted by atomic mass is 9.68. The van der Waals surface area contributed by atoms with Gasteiger partial charge in [0, 0.05) is 0 Å². The van der Waals surface area contributed by atoms with Crippen LogP contribution in [0.25, 0.3) is 0 Å². The molecule has 0 heterocycles. The van der Waals surface area contributed by atoms with Crippen molar-refractivity contribution in [3.05, 3.63) is 35.5 Å². The Bertz CT molecular complexity index is 291. The van der Waals surface area contributed by atoms with E-state index in [1.807, 2.05) is 0 Å². The van der Waals surface area contributed by atoms with E-state index in [1.54, 1.807) is 5.57 Å². The van der Waals surface area contributed by atoms with Gasteiger partial charge in [-0.3, -0.25) is 0 Å². The van der Waals surface area contributed by atoms with Crippen molar-refractivity contribution in [1.82, 2.24) is 0 Å². The minimum atomic E-state index is 0.825. The predicted molar refractivity (Wildman–Crippen MR) is 57.5 cm³/mol. The van der Waals surface area contributed by atoms with Gasteiger partial charge in [-0.05, 0) is 56.1 Å². The zero-order valence-electron chi connectivity index (χ0n) is 8.64. The van der Waals surface area contributed by atoms with Crippen LogP contribution in [-0.4, -0.2) is 0 Å². The summed E-state index contributed by atoms with van der Waals surface area (Å²) in [4.78, 5) is 0. The molecule has 70 valence electrons. The first kappa shape index (κ1) is 8.80. The maximum Gasteiger partial charge on any atom is -0.0128 e. The Morgan fingerprint density at radius 3 is 2.69 bits per heavy atom. The van der Waals surface area contributed by atoms with Gasteiger partial charge in [0.25, 0.3) is 0 Å². The van der Waals surface area contributed by atoms with Crippen LogP contribution in [0.5, 0.6) is 0 Å². The second-order valence-corrected chi connectivity index (χ2v) is 4.48. The van der Waals surface area contributed by atoms with E-state index >= 15 is 0 Å². The Hall–Kier alpha value is -0.780. The molecule has 2 atom stereocenters. The Balaban J connectivity index is 2.37. The van der Waals surface area contributed by atoms with Gasteiger partial charge in [0.1, 0.15) is 0 Å². The van der Waals surface area contributed by atoms with Crippen molar-refractivity contribution < 1.29 is 0 Å². The van der Waals surface area contributed by atoms with Gasteiger partial charge >= 0.3 is 0 Å². The molecule has 1 fully saturated rings. The fourth-order valence-corrected chi connectivity index (χ4v) is 2.75. The fourth-order valence-electron chi connectivity index (χ4n) is 2.75. The average Bonchev–Trinajstić information content (AvgIpc) is 2.13. The van der Waals surface area contributed by atoms with Crippen LogP contribution < -0.4 is 0 Å². The molecule has 0 nitrogen and oxygen atoms in total. The van der Waals surface area contributed by atoms with Crippen molar-refractivity contribution in [1.29, 1.82) is 0 Å². The minimum Gasteiger partial charge on any atom is -0.0988 e. The highest BCUT2D eigenvalue weighted by Gasteiger charge is 2.34. The summed E-state index contributed by atoms with van der Waals surface area (Å²) >= 11 is 0. The predicted octanol–water partition coefficient (Wildman–Crippen LogP) is 3.87. The summed E-state index contributed by atoms with van der Waals surface area (Å²) in [6, 6.07) is 0. The molecule has 2 unspecified atom stereocenters. The summed E-state index contributed by atoms with van der Waals surface area (Å²) in [5.74, 6) is 1.74. The number of rotatable bonds is 1. The second kappa shape index (κ2) is 3.17. The third kappa shape index (κ3) is 1.39. The molecule has 0 aromatic carbocycles. The SMILES string of the molecule is C=CC1=C(C)C=C(C)CC2CCC12. The van der Waals surface area contributed by atoms with Gasteiger partial charge in [0.05, 0.1) is 0 Å². The van der Waals surface area contributed by atoms with Crippen molar-refractivity contribution in [2.75, 3.05) is 0 Å². The van der Waals surface area contributed by atoms with Crippen LogP contribution in [0.3, 0.4) is 0 Å². The number of hydrogen-bond acceptors (Lipinski definition) is 0. The highest BCUT2D eigenvalue weighted by atomic mass is 14.4. The molecule has 2 aliphatic rings. The second-order valence-electron chi connectivity index (χ2n) is 4.48. The molecule has 0 bridgehead atoms. The van der Waals surface area contributed by atoms with E-state index in [2.05, 4.69) is 32.6 Å². The van der Waals surface area contributed by atoms with E-state index in [1.165, 1.54) is 30.4 Å². The Labute approximate surface area is 81.0 Å². The summed E-state index contributed by atoms with van der Waals surface area (Å²) in [6.07, 6.45) is 8.51. The smallest absolute Gasteiger partial charge is 0.0128 e. The monoisotopic (exact) mass is 174 g/mol. The molecule has 0 heteroatoms. The number of fused-ring (bicyclic) bond motifs is 1. The van der Waals surface area contributed by atoms with Crippen molar-refractivity contribution in [3.63, 3.8) is 0 Å². The zero-order valence-corrected chi connectivity index (χ0v) is 8.64. The van der Waals surface area contributed by atoms with Gasteiger partial charge in [-0.25, -0.2) is 0 Å². The van der Waals surface area contributed by atoms with Gasteiger partial charge in [0.15, 0.2) is 0 Å². The molecular formula is C13H18. The summed E-state index contributed by atoms with van der Waals surface area (Å²) in [6.45, 7) is 8.41. The highest BCUT2D eigenvalue weighted by Crippen LogP contribution is 2.46. The van der Waals surface area contributed by atoms with Crippen LogP contribution in [0.15, 0.2) is 35.5 Å². The summed E-state index contributed by atoms with van der Waals surface area (Å²) in [5, 5.41) is 0. The van der Waals surface area contributed by atoms with E-state index in [-0.39, 0.29) is 0 Å². The zero-order chi connectivity index (χ0) is 9.42. The van der Waals surface area contributed by atoms with E-state index in [0.29, 0.717) is 0 Å². The number of hydrogen-bond donors (Lipinski definition) is 0. The molecule has 0 amide bonds. The van der Waals surface area contributed by atoms with Gasteiger partial charge < -0.3 is 0 Å². The van der Waals surface area contributed by atoms with E-state index in [9.17, 15) is 0 Å². The summed E-state index contributed by atoms with van der Waals surface area (Å²) < 4.78 is 0. The lowest BCUT2D eigenvalue weighted by molar-refractivity contribution is 0.218. The molecule has 0 N–H and O–H groups in total. The molecule has 1 saturated carbocycles. The highest BCUT2D eigenvalue weighted by molar-refractivity contribution is 5.38. The normalized spacial score (nSPS) is 32.9. The van der Waals surface area contributed by atoms with Crippen LogP contribution in [0.1, 0.15) is 33.1 Å². The van der Waals surface area contributed by atoms with Crippen molar-refractivity contribution in [2.24, 2.45) is 11.8 Å². The van der Waals surface area contributed by atoms with Crippen LogP contribution in [0, 0.1) is 11.8 Å². The Morgan fingerprint density at radius 2 is 2.15 bits per heavy atom. The van der Waals surface area contributed by atoms with Gasteiger partial charge in [-0.1, -0.05) is 24.3 Å². The summed E-state index contributed by atoms with van der Waals surface area (Å²) in [5.41, 5.74) is 4.50. The topological polar surface area (TPSA) is 0 Å². The van der Waals surface area contributed by atoms with Crippen molar-refractivity contribution >= 4 is 0 Å². The van der Waals surface area contributed by atoms with Crippen molar-refractivity contribution in [2.45, 2.75) is 33.1 Å². The van der Waals surface area contributed by atoms with Gasteiger partial charge in [-0.15, -0.1) is 0 Å². The molecule has 13 heavy (non-hydrogen) atoms. The van der Waals surface area contributed by atoms with Gasteiger partial charge in [0.2, 0.25) is 0 Å².